The van der Waals surface area contributed by atoms with Crippen LogP contribution in [0.15, 0.2) is 54.6 Å². The van der Waals surface area contributed by atoms with E-state index in [1.54, 1.807) is 0 Å². The predicted octanol–water partition coefficient (Wildman–Crippen LogP) is 4.87. The quantitative estimate of drug-likeness (QED) is 0.724. The summed E-state index contributed by atoms with van der Waals surface area (Å²) in [5, 5.41) is 0. The van der Waals surface area contributed by atoms with E-state index in [0.717, 1.165) is 12.1 Å². The topological polar surface area (TPSA) is 9.23 Å². The van der Waals surface area contributed by atoms with Crippen molar-refractivity contribution in [3.8, 4) is 0 Å². The van der Waals surface area contributed by atoms with Crippen LogP contribution in [0.1, 0.15) is 48.5 Å². The van der Waals surface area contributed by atoms with E-state index in [2.05, 4.69) is 75.6 Å². The lowest BCUT2D eigenvalue weighted by molar-refractivity contribution is -0.931. The highest BCUT2D eigenvalue weighted by molar-refractivity contribution is 5.35. The molecule has 2 heterocycles. The summed E-state index contributed by atoms with van der Waals surface area (Å²) in [6, 6.07) is 20.9. The highest BCUT2D eigenvalue weighted by Crippen LogP contribution is 2.42. The Bertz CT molecular complexity index is 708. The minimum atomic E-state index is 0.0421. The first-order chi connectivity index (χ1) is 12.1. The van der Waals surface area contributed by atoms with Crippen molar-refractivity contribution >= 4 is 0 Å². The Morgan fingerprint density at radius 2 is 1.48 bits per heavy atom. The van der Waals surface area contributed by atoms with E-state index in [1.807, 2.05) is 0 Å². The Balaban J connectivity index is 1.61. The maximum atomic E-state index is 6.81. The van der Waals surface area contributed by atoms with Crippen LogP contribution in [0.4, 0.5) is 0 Å². The van der Waals surface area contributed by atoms with Crippen molar-refractivity contribution < 1.29 is 9.22 Å². The van der Waals surface area contributed by atoms with Gasteiger partial charge in [-0.05, 0) is 23.6 Å². The minimum Gasteiger partial charge on any atom is -0.365 e. The number of hydrogen-bond donors (Lipinski definition) is 0. The zero-order chi connectivity index (χ0) is 17.4. The van der Waals surface area contributed by atoms with Gasteiger partial charge in [-0.2, -0.15) is 0 Å². The molecular weight excluding hydrogens is 306 g/mol. The number of benzene rings is 2. The summed E-state index contributed by atoms with van der Waals surface area (Å²) in [6.45, 7) is 2.19. The minimum absolute atomic E-state index is 0.0421. The summed E-state index contributed by atoms with van der Waals surface area (Å²) in [4.78, 5) is 0. The van der Waals surface area contributed by atoms with Crippen LogP contribution in [-0.4, -0.2) is 36.8 Å². The number of quaternary nitrogens is 1. The van der Waals surface area contributed by atoms with Crippen LogP contribution in [0, 0.1) is 6.92 Å². The number of ether oxygens (including phenoxy) is 1. The highest BCUT2D eigenvalue weighted by Gasteiger charge is 2.49. The van der Waals surface area contributed by atoms with E-state index in [0.29, 0.717) is 6.10 Å². The van der Waals surface area contributed by atoms with Crippen LogP contribution >= 0.6 is 0 Å². The van der Waals surface area contributed by atoms with Gasteiger partial charge in [-0.3, -0.25) is 0 Å². The predicted molar refractivity (Wildman–Crippen MR) is 102 cm³/mol. The number of hydrogen-bond acceptors (Lipinski definition) is 1. The van der Waals surface area contributed by atoms with Crippen molar-refractivity contribution in [2.45, 2.75) is 56.9 Å². The smallest absolute Gasteiger partial charge is 0.108 e. The van der Waals surface area contributed by atoms with Gasteiger partial charge in [0.05, 0.1) is 32.3 Å². The summed E-state index contributed by atoms with van der Waals surface area (Å²) in [6.07, 6.45) is 5.52. The molecule has 0 aliphatic carbocycles. The van der Waals surface area contributed by atoms with Crippen LogP contribution in [0.2, 0.25) is 0 Å². The average molecular weight is 336 g/mol. The van der Waals surface area contributed by atoms with Gasteiger partial charge in [0.2, 0.25) is 0 Å². The van der Waals surface area contributed by atoms with Gasteiger partial charge in [0.25, 0.3) is 0 Å². The lowest BCUT2D eigenvalue weighted by atomic mass is 9.94. The molecule has 2 aromatic rings. The zero-order valence-corrected chi connectivity index (χ0v) is 15.7. The molecule has 0 N–H and O–H groups in total. The second-order valence-corrected chi connectivity index (χ2v) is 8.39. The molecule has 3 unspecified atom stereocenters. The van der Waals surface area contributed by atoms with E-state index in [4.69, 9.17) is 4.74 Å². The van der Waals surface area contributed by atoms with Crippen molar-refractivity contribution in [1.29, 1.82) is 0 Å². The lowest BCUT2D eigenvalue weighted by Gasteiger charge is -2.44. The molecular formula is C23H30NO+. The summed E-state index contributed by atoms with van der Waals surface area (Å²) in [5.41, 5.74) is 3.88. The first-order valence-electron chi connectivity index (χ1n) is 9.65. The summed E-state index contributed by atoms with van der Waals surface area (Å²) in [7, 11) is 4.82. The van der Waals surface area contributed by atoms with E-state index in [1.165, 1.54) is 46.9 Å². The molecule has 2 nitrogen and oxygen atoms in total. The third-order valence-corrected chi connectivity index (χ3v) is 6.69. The molecule has 2 fully saturated rings. The molecule has 2 bridgehead atoms. The third-order valence-electron chi connectivity index (χ3n) is 6.69. The first kappa shape index (κ1) is 16.8. The van der Waals surface area contributed by atoms with Gasteiger partial charge < -0.3 is 9.22 Å². The van der Waals surface area contributed by atoms with Crippen LogP contribution in [0.25, 0.3) is 0 Å². The fourth-order valence-corrected chi connectivity index (χ4v) is 4.97. The van der Waals surface area contributed by atoms with E-state index in [-0.39, 0.29) is 6.10 Å². The van der Waals surface area contributed by atoms with Crippen LogP contribution in [-0.2, 0) is 4.74 Å². The maximum absolute atomic E-state index is 6.81. The van der Waals surface area contributed by atoms with Gasteiger partial charge in [0.1, 0.15) is 6.10 Å². The van der Waals surface area contributed by atoms with Crippen LogP contribution in [0.5, 0.6) is 0 Å². The molecule has 0 amide bonds. The lowest BCUT2D eigenvalue weighted by Crippen LogP contribution is -2.56. The van der Waals surface area contributed by atoms with Crippen molar-refractivity contribution in [2.24, 2.45) is 0 Å². The second-order valence-electron chi connectivity index (χ2n) is 8.39. The third kappa shape index (κ3) is 3.14. The standard InChI is InChI=1S/C23H30NO/c1-17-9-7-8-12-22(17)23(18-10-5-4-6-11-18)25-21-15-19-13-14-20(16-21)24(19,2)3/h4-12,19-21,23H,13-16H2,1-3H3/q+1. The van der Waals surface area contributed by atoms with E-state index < -0.39 is 0 Å². The fraction of sp³-hybridized carbons (Fsp3) is 0.478. The van der Waals surface area contributed by atoms with Crippen LogP contribution in [0.3, 0.4) is 0 Å². The van der Waals surface area contributed by atoms with E-state index in [9.17, 15) is 0 Å². The van der Waals surface area contributed by atoms with Gasteiger partial charge in [-0.1, -0.05) is 54.6 Å². The number of rotatable bonds is 4. The number of piperidine rings is 1. The molecule has 0 spiro atoms. The molecule has 2 saturated heterocycles. The van der Waals surface area contributed by atoms with E-state index >= 15 is 0 Å². The molecule has 0 radical (unpaired) electrons. The van der Waals surface area contributed by atoms with Crippen molar-refractivity contribution in [3.05, 3.63) is 71.3 Å². The molecule has 2 aliphatic rings. The summed E-state index contributed by atoms with van der Waals surface area (Å²) < 4.78 is 8.00. The average Bonchev–Trinajstić information content (AvgIpc) is 2.79. The molecule has 25 heavy (non-hydrogen) atoms. The highest BCUT2D eigenvalue weighted by atomic mass is 16.5. The molecule has 0 saturated carbocycles. The Hall–Kier alpha value is -1.64. The maximum Gasteiger partial charge on any atom is 0.108 e. The first-order valence-corrected chi connectivity index (χ1v) is 9.65. The molecule has 4 rings (SSSR count). The largest absolute Gasteiger partial charge is 0.365 e. The molecule has 3 atom stereocenters. The fourth-order valence-electron chi connectivity index (χ4n) is 4.97. The van der Waals surface area contributed by atoms with Gasteiger partial charge in [0.15, 0.2) is 0 Å². The van der Waals surface area contributed by atoms with Crippen molar-refractivity contribution in [3.63, 3.8) is 0 Å². The van der Waals surface area contributed by atoms with Gasteiger partial charge in [0, 0.05) is 25.7 Å². The van der Waals surface area contributed by atoms with Gasteiger partial charge >= 0.3 is 0 Å². The van der Waals surface area contributed by atoms with Crippen molar-refractivity contribution in [2.75, 3.05) is 14.1 Å². The van der Waals surface area contributed by atoms with Gasteiger partial charge in [-0.15, -0.1) is 0 Å². The Morgan fingerprint density at radius 1 is 0.880 bits per heavy atom. The van der Waals surface area contributed by atoms with Crippen LogP contribution < -0.4 is 0 Å². The monoisotopic (exact) mass is 336 g/mol. The molecule has 2 aliphatic heterocycles. The Kier molecular flexibility index (Phi) is 4.43. The number of nitrogens with zero attached hydrogens (tertiary/aromatic N) is 1. The molecule has 132 valence electrons. The Morgan fingerprint density at radius 3 is 2.12 bits per heavy atom. The second kappa shape index (κ2) is 6.59. The summed E-state index contributed by atoms with van der Waals surface area (Å²) >= 11 is 0. The molecule has 0 aromatic heterocycles. The Labute approximate surface area is 152 Å². The normalized spacial score (nSPS) is 28.7. The van der Waals surface area contributed by atoms with Gasteiger partial charge in [-0.25, -0.2) is 0 Å². The zero-order valence-electron chi connectivity index (χ0n) is 15.7. The summed E-state index contributed by atoms with van der Waals surface area (Å²) in [5.74, 6) is 0. The molecule has 2 aromatic carbocycles. The SMILES string of the molecule is Cc1ccccc1C(OC1CC2CCC(C1)[N+]2(C)C)c1ccccc1. The van der Waals surface area contributed by atoms with Crippen molar-refractivity contribution in [1.82, 2.24) is 0 Å². The molecule has 2 heteroatoms. The number of fused-ring (bicyclic) bond motifs is 2. The number of aryl methyl sites for hydroxylation is 1.